The number of imide groups is 1. The van der Waals surface area contributed by atoms with Crippen LogP contribution in [-0.2, 0) is 20.8 Å². The molecule has 2 atom stereocenters. The van der Waals surface area contributed by atoms with Gasteiger partial charge in [-0.25, -0.2) is 4.79 Å². The minimum Gasteiger partial charge on any atom is -0.497 e. The predicted molar refractivity (Wildman–Crippen MR) is 127 cm³/mol. The van der Waals surface area contributed by atoms with Crippen LogP contribution in [-0.4, -0.2) is 53.9 Å². The second-order valence-corrected chi connectivity index (χ2v) is 8.88. The Morgan fingerprint density at radius 2 is 1.82 bits per heavy atom. The number of aryl methyl sites for hydroxylation is 1. The summed E-state index contributed by atoms with van der Waals surface area (Å²) < 4.78 is 5.17. The third kappa shape index (κ3) is 4.46. The molecule has 0 saturated carbocycles. The Bertz CT molecular complexity index is 1130. The van der Waals surface area contributed by atoms with Gasteiger partial charge in [-0.15, -0.1) is 0 Å². The molecular formula is C25H28N4O5. The Morgan fingerprint density at radius 1 is 1.12 bits per heavy atom. The number of amides is 5. The lowest BCUT2D eigenvalue weighted by molar-refractivity contribution is -0.134. The quantitative estimate of drug-likeness (QED) is 0.639. The predicted octanol–water partition coefficient (Wildman–Crippen LogP) is 2.70. The summed E-state index contributed by atoms with van der Waals surface area (Å²) in [4.78, 5) is 53.9. The van der Waals surface area contributed by atoms with E-state index in [1.807, 2.05) is 24.3 Å². The highest BCUT2D eigenvalue weighted by Gasteiger charge is 2.48. The lowest BCUT2D eigenvalue weighted by Crippen LogP contribution is -2.48. The van der Waals surface area contributed by atoms with E-state index >= 15 is 0 Å². The number of fused-ring (bicyclic) bond motifs is 1. The first-order chi connectivity index (χ1) is 16.2. The zero-order valence-electron chi connectivity index (χ0n) is 19.5. The van der Waals surface area contributed by atoms with Crippen molar-refractivity contribution >= 4 is 35.1 Å². The maximum atomic E-state index is 13.3. The van der Waals surface area contributed by atoms with E-state index < -0.39 is 36.0 Å². The molecule has 9 nitrogen and oxygen atoms in total. The summed E-state index contributed by atoms with van der Waals surface area (Å²) in [5, 5.41) is 5.56. The van der Waals surface area contributed by atoms with Crippen molar-refractivity contribution in [1.29, 1.82) is 0 Å². The van der Waals surface area contributed by atoms with Gasteiger partial charge in [0.15, 0.2) is 0 Å². The number of benzene rings is 2. The molecule has 0 spiro atoms. The summed E-state index contributed by atoms with van der Waals surface area (Å²) in [6.07, 6.45) is 1.06. The van der Waals surface area contributed by atoms with Crippen LogP contribution in [0.25, 0.3) is 0 Å². The largest absolute Gasteiger partial charge is 0.497 e. The molecule has 4 rings (SSSR count). The number of nitrogens with one attached hydrogen (secondary N) is 2. The average molecular weight is 465 g/mol. The number of carbonyl (C=O) groups is 4. The van der Waals surface area contributed by atoms with Gasteiger partial charge in [0, 0.05) is 12.5 Å². The van der Waals surface area contributed by atoms with Gasteiger partial charge < -0.3 is 20.3 Å². The molecule has 0 unspecified atom stereocenters. The molecule has 0 radical (unpaired) electrons. The third-order valence-electron chi connectivity index (χ3n) is 6.34. The first-order valence-corrected chi connectivity index (χ1v) is 11.2. The molecule has 0 bridgehead atoms. The lowest BCUT2D eigenvalue weighted by atomic mass is 9.93. The maximum absolute atomic E-state index is 13.3. The van der Waals surface area contributed by atoms with Crippen LogP contribution in [0.15, 0.2) is 48.5 Å². The first kappa shape index (κ1) is 23.3. The first-order valence-electron chi connectivity index (χ1n) is 11.2. The minimum atomic E-state index is -1.11. The van der Waals surface area contributed by atoms with E-state index in [4.69, 9.17) is 4.74 Å². The highest BCUT2D eigenvalue weighted by molar-refractivity contribution is 6.11. The molecule has 2 aromatic carbocycles. The van der Waals surface area contributed by atoms with Crippen LogP contribution in [0, 0.1) is 0 Å². The Hall–Kier alpha value is -3.88. The Balaban J connectivity index is 1.48. The van der Waals surface area contributed by atoms with Crippen molar-refractivity contribution in [2.75, 3.05) is 23.9 Å². The summed E-state index contributed by atoms with van der Waals surface area (Å²) in [7, 11) is 1.60. The van der Waals surface area contributed by atoms with Crippen LogP contribution in [0.1, 0.15) is 32.3 Å². The average Bonchev–Trinajstić information content (AvgIpc) is 2.93. The maximum Gasteiger partial charge on any atom is 0.325 e. The molecule has 2 aromatic rings. The molecule has 178 valence electrons. The second-order valence-electron chi connectivity index (χ2n) is 8.88. The molecule has 2 aliphatic rings. The van der Waals surface area contributed by atoms with Crippen LogP contribution < -0.4 is 20.3 Å². The van der Waals surface area contributed by atoms with Gasteiger partial charge in [-0.3, -0.25) is 19.3 Å². The number of rotatable bonds is 6. The summed E-state index contributed by atoms with van der Waals surface area (Å²) >= 11 is 0. The standard InChI is InChI=1S/C25H28N4O5/c1-16-14-21(30)26-19-6-4-5-7-20(19)29(16)22(31)15-28-23(32)25(2,27-24(28)33)13-12-17-8-10-18(34-3)11-9-17/h4-11,16H,12-15H2,1-3H3,(H,26,30)(H,27,33)/t16-,25+/m1/s1. The van der Waals surface area contributed by atoms with Crippen molar-refractivity contribution in [1.82, 2.24) is 10.2 Å². The van der Waals surface area contributed by atoms with E-state index in [2.05, 4.69) is 10.6 Å². The van der Waals surface area contributed by atoms with Crippen molar-refractivity contribution in [3.05, 3.63) is 54.1 Å². The van der Waals surface area contributed by atoms with Gasteiger partial charge in [-0.2, -0.15) is 0 Å². The van der Waals surface area contributed by atoms with Gasteiger partial charge in [0.25, 0.3) is 5.91 Å². The van der Waals surface area contributed by atoms with Crippen LogP contribution in [0.3, 0.4) is 0 Å². The van der Waals surface area contributed by atoms with Crippen molar-refractivity contribution in [3.8, 4) is 5.75 Å². The molecule has 2 heterocycles. The van der Waals surface area contributed by atoms with E-state index in [1.54, 1.807) is 45.2 Å². The SMILES string of the molecule is COc1ccc(CC[C@]2(C)NC(=O)N(CC(=O)N3c4ccccc4NC(=O)C[C@H]3C)C2=O)cc1. The summed E-state index contributed by atoms with van der Waals surface area (Å²) in [6, 6.07) is 13.5. The van der Waals surface area contributed by atoms with Crippen LogP contribution in [0.2, 0.25) is 0 Å². The second kappa shape index (κ2) is 9.17. The van der Waals surface area contributed by atoms with Crippen molar-refractivity contribution in [2.24, 2.45) is 0 Å². The molecule has 9 heteroatoms. The highest BCUT2D eigenvalue weighted by atomic mass is 16.5. The van der Waals surface area contributed by atoms with Gasteiger partial charge in [-0.1, -0.05) is 24.3 Å². The molecule has 1 saturated heterocycles. The third-order valence-corrected chi connectivity index (χ3v) is 6.34. The smallest absolute Gasteiger partial charge is 0.325 e. The number of anilines is 2. The van der Waals surface area contributed by atoms with Crippen LogP contribution in [0.5, 0.6) is 5.75 Å². The Kier molecular flexibility index (Phi) is 6.28. The van der Waals surface area contributed by atoms with Gasteiger partial charge in [0.2, 0.25) is 11.8 Å². The molecule has 2 N–H and O–H groups in total. The summed E-state index contributed by atoms with van der Waals surface area (Å²) in [5.41, 5.74) is 0.953. The molecular weight excluding hydrogens is 436 g/mol. The van der Waals surface area contributed by atoms with E-state index in [1.165, 1.54) is 4.90 Å². The van der Waals surface area contributed by atoms with Gasteiger partial charge >= 0.3 is 6.03 Å². The molecule has 0 aromatic heterocycles. The van der Waals surface area contributed by atoms with Gasteiger partial charge in [-0.05, 0) is 56.5 Å². The van der Waals surface area contributed by atoms with Crippen LogP contribution >= 0.6 is 0 Å². The van der Waals surface area contributed by atoms with Crippen LogP contribution in [0.4, 0.5) is 16.2 Å². The highest BCUT2D eigenvalue weighted by Crippen LogP contribution is 2.32. The summed E-state index contributed by atoms with van der Waals surface area (Å²) in [5.74, 6) is -0.328. The number of hydrogen-bond donors (Lipinski definition) is 2. The molecule has 0 aliphatic carbocycles. The molecule has 1 fully saturated rings. The number of urea groups is 1. The number of nitrogens with zero attached hydrogens (tertiary/aromatic N) is 2. The zero-order valence-corrected chi connectivity index (χ0v) is 19.5. The van der Waals surface area contributed by atoms with Gasteiger partial charge in [0.05, 0.1) is 18.5 Å². The minimum absolute atomic E-state index is 0.111. The topological polar surface area (TPSA) is 108 Å². The van der Waals surface area contributed by atoms with Gasteiger partial charge in [0.1, 0.15) is 17.8 Å². The van der Waals surface area contributed by atoms with E-state index in [9.17, 15) is 19.2 Å². The van der Waals surface area contributed by atoms with Crippen molar-refractivity contribution in [2.45, 2.75) is 44.7 Å². The van der Waals surface area contributed by atoms with Crippen molar-refractivity contribution in [3.63, 3.8) is 0 Å². The number of carbonyl (C=O) groups excluding carboxylic acids is 4. The normalized spacial score (nSPS) is 22.1. The van der Waals surface area contributed by atoms with E-state index in [0.717, 1.165) is 16.2 Å². The number of methoxy groups -OCH3 is 1. The van der Waals surface area contributed by atoms with Crippen molar-refractivity contribution < 1.29 is 23.9 Å². The zero-order chi connectivity index (χ0) is 24.5. The molecule has 34 heavy (non-hydrogen) atoms. The Morgan fingerprint density at radius 3 is 2.53 bits per heavy atom. The van der Waals surface area contributed by atoms with E-state index in [-0.39, 0.29) is 12.3 Å². The lowest BCUT2D eigenvalue weighted by Gasteiger charge is -2.29. The monoisotopic (exact) mass is 464 g/mol. The number of ether oxygens (including phenoxy) is 1. The fourth-order valence-electron chi connectivity index (χ4n) is 4.43. The Labute approximate surface area is 198 Å². The summed E-state index contributed by atoms with van der Waals surface area (Å²) in [6.45, 7) is 3.04. The fraction of sp³-hybridized carbons (Fsp3) is 0.360. The van der Waals surface area contributed by atoms with E-state index in [0.29, 0.717) is 24.2 Å². The molecule has 5 amide bonds. The fourth-order valence-corrected chi connectivity index (χ4v) is 4.43. The number of hydrogen-bond acceptors (Lipinski definition) is 5. The molecule has 2 aliphatic heterocycles. The number of para-hydroxylation sites is 2.